The highest BCUT2D eigenvalue weighted by Gasteiger charge is 2.18. The first kappa shape index (κ1) is 19.1. The van der Waals surface area contributed by atoms with E-state index in [-0.39, 0.29) is 12.3 Å². The number of hydrogen-bond donors (Lipinski definition) is 2. The zero-order chi connectivity index (χ0) is 19.1. The third-order valence-electron chi connectivity index (χ3n) is 5.04. The lowest BCUT2D eigenvalue weighted by Crippen LogP contribution is -2.93. The molecule has 5 heteroatoms. The van der Waals surface area contributed by atoms with Gasteiger partial charge >= 0.3 is 0 Å². The summed E-state index contributed by atoms with van der Waals surface area (Å²) >= 11 is 0. The van der Waals surface area contributed by atoms with Crippen LogP contribution in [-0.2, 0) is 9.59 Å². The predicted molar refractivity (Wildman–Crippen MR) is 104 cm³/mol. The molecule has 0 aromatic heterocycles. The Balaban J connectivity index is 1.52. The molecule has 142 valence electrons. The maximum absolute atomic E-state index is 12.3. The molecule has 0 unspecified atom stereocenters. The number of carboxylic acids is 1. The number of nitrogens with one attached hydrogen (secondary N) is 1. The first-order chi connectivity index (χ1) is 13.1. The van der Waals surface area contributed by atoms with Crippen molar-refractivity contribution in [2.45, 2.75) is 44.6 Å². The van der Waals surface area contributed by atoms with Crippen LogP contribution in [0, 0.1) is 0 Å². The van der Waals surface area contributed by atoms with Crippen molar-refractivity contribution < 1.29 is 20.0 Å². The summed E-state index contributed by atoms with van der Waals surface area (Å²) in [6.07, 6.45) is 7.70. The number of rotatable bonds is 8. The van der Waals surface area contributed by atoms with Crippen molar-refractivity contribution in [1.29, 1.82) is 0 Å². The van der Waals surface area contributed by atoms with Crippen molar-refractivity contribution in [2.24, 2.45) is 0 Å². The van der Waals surface area contributed by atoms with Gasteiger partial charge in [0.25, 0.3) is 0 Å². The van der Waals surface area contributed by atoms with Crippen LogP contribution in [0.2, 0.25) is 0 Å². The Morgan fingerprint density at radius 3 is 2.67 bits per heavy atom. The number of carboxylic acid groups (broad SMARTS) is 1. The maximum atomic E-state index is 12.3. The van der Waals surface area contributed by atoms with Gasteiger partial charge in [0.05, 0.1) is 18.9 Å². The van der Waals surface area contributed by atoms with E-state index in [1.54, 1.807) is 5.32 Å². The van der Waals surface area contributed by atoms with Crippen LogP contribution in [0.4, 0.5) is 5.69 Å². The number of allylic oxidation sites excluding steroid dienone is 1. The number of hydrogen-bond acceptors (Lipinski definition) is 3. The van der Waals surface area contributed by atoms with Gasteiger partial charge in [-0.2, -0.15) is 0 Å². The highest BCUT2D eigenvalue weighted by Crippen LogP contribution is 2.20. The van der Waals surface area contributed by atoms with Crippen LogP contribution in [0.5, 0.6) is 0 Å². The van der Waals surface area contributed by atoms with E-state index in [2.05, 4.69) is 11.4 Å². The molecule has 0 spiro atoms. The second kappa shape index (κ2) is 9.33. The summed E-state index contributed by atoms with van der Waals surface area (Å²) in [6, 6.07) is 12.7. The fraction of sp³-hybridized carbons (Fsp3) is 0.364. The van der Waals surface area contributed by atoms with Crippen molar-refractivity contribution in [1.82, 2.24) is 0 Å². The van der Waals surface area contributed by atoms with Crippen molar-refractivity contribution in [2.75, 3.05) is 11.9 Å². The van der Waals surface area contributed by atoms with Crippen LogP contribution in [0.3, 0.4) is 0 Å². The predicted octanol–water partition coefficient (Wildman–Crippen LogP) is 1.74. The van der Waals surface area contributed by atoms with E-state index < -0.39 is 12.0 Å². The Hall–Kier alpha value is -2.66. The molecule has 0 fully saturated rings. The van der Waals surface area contributed by atoms with Gasteiger partial charge in [-0.25, -0.2) is 0 Å². The third kappa shape index (κ3) is 5.66. The topological polar surface area (TPSA) is 85.8 Å². The molecule has 27 heavy (non-hydrogen) atoms. The number of aliphatic carboxylic acids is 1. The lowest BCUT2D eigenvalue weighted by atomic mass is 9.97. The minimum Gasteiger partial charge on any atom is -0.544 e. The van der Waals surface area contributed by atoms with Crippen LogP contribution in [0.25, 0.3) is 10.8 Å². The minimum absolute atomic E-state index is 0.103. The van der Waals surface area contributed by atoms with E-state index in [0.29, 0.717) is 12.2 Å². The van der Waals surface area contributed by atoms with E-state index in [9.17, 15) is 14.7 Å². The Labute approximate surface area is 159 Å². The van der Waals surface area contributed by atoms with Crippen LogP contribution >= 0.6 is 0 Å². The molecular formula is C22H26N2O3. The van der Waals surface area contributed by atoms with E-state index in [1.165, 1.54) is 18.4 Å². The molecule has 5 nitrogen and oxygen atoms in total. The molecule has 2 aromatic carbocycles. The molecule has 0 radical (unpaired) electrons. The molecule has 0 saturated carbocycles. The Morgan fingerprint density at radius 1 is 1.11 bits per heavy atom. The quantitative estimate of drug-likeness (QED) is 0.698. The lowest BCUT2D eigenvalue weighted by molar-refractivity contribution is -0.682. The van der Waals surface area contributed by atoms with Crippen LogP contribution in [0.1, 0.15) is 38.5 Å². The third-order valence-corrected chi connectivity index (χ3v) is 5.04. The molecule has 2 aromatic rings. The van der Waals surface area contributed by atoms with Gasteiger partial charge in [0.1, 0.15) is 6.04 Å². The standard InChI is InChI=1S/C22H26N2O3/c25-21(24-19-11-10-17-8-4-5-9-18(17)14-19)15-20(22(26)27)23-13-12-16-6-2-1-3-7-16/h4-6,8-11,14,20,23H,1-3,7,12-13,15H2,(H,24,25)(H,26,27)/t20-/m0/s1. The number of anilines is 1. The fourth-order valence-corrected chi connectivity index (χ4v) is 3.54. The molecule has 3 N–H and O–H groups in total. The summed E-state index contributed by atoms with van der Waals surface area (Å²) in [7, 11) is 0. The maximum Gasteiger partial charge on any atom is 0.230 e. The van der Waals surface area contributed by atoms with Crippen molar-refractivity contribution in [3.8, 4) is 0 Å². The molecule has 0 aliphatic heterocycles. The van der Waals surface area contributed by atoms with Crippen molar-refractivity contribution in [3.63, 3.8) is 0 Å². The fourth-order valence-electron chi connectivity index (χ4n) is 3.54. The summed E-state index contributed by atoms with van der Waals surface area (Å²) in [5.74, 6) is -1.51. The first-order valence-electron chi connectivity index (χ1n) is 9.62. The Kier molecular flexibility index (Phi) is 6.60. The van der Waals surface area contributed by atoms with Gasteiger partial charge in [0.2, 0.25) is 5.91 Å². The SMILES string of the molecule is O=C(C[C@H]([NH2+]CCC1=CCCCC1)C(=O)[O-])Nc1ccc2ccccc2c1. The summed E-state index contributed by atoms with van der Waals surface area (Å²) in [5.41, 5.74) is 2.07. The Morgan fingerprint density at radius 2 is 1.93 bits per heavy atom. The monoisotopic (exact) mass is 366 g/mol. The van der Waals surface area contributed by atoms with Crippen molar-refractivity contribution in [3.05, 3.63) is 54.1 Å². The average molecular weight is 366 g/mol. The summed E-state index contributed by atoms with van der Waals surface area (Å²) < 4.78 is 0. The van der Waals surface area contributed by atoms with Crippen LogP contribution in [-0.4, -0.2) is 24.5 Å². The molecule has 1 aliphatic rings. The number of carbonyl (C=O) groups excluding carboxylic acids is 2. The summed E-state index contributed by atoms with van der Waals surface area (Å²) in [5, 5.41) is 18.0. The molecular weight excluding hydrogens is 340 g/mol. The van der Waals surface area contributed by atoms with Crippen LogP contribution < -0.4 is 15.7 Å². The van der Waals surface area contributed by atoms with E-state index in [0.717, 1.165) is 30.0 Å². The number of quaternary nitrogens is 1. The normalized spacial score (nSPS) is 15.2. The second-order valence-corrected chi connectivity index (χ2v) is 7.12. The van der Waals surface area contributed by atoms with Crippen molar-refractivity contribution >= 4 is 28.3 Å². The van der Waals surface area contributed by atoms with Crippen LogP contribution in [0.15, 0.2) is 54.1 Å². The number of benzene rings is 2. The molecule has 0 bridgehead atoms. The first-order valence-corrected chi connectivity index (χ1v) is 9.62. The van der Waals surface area contributed by atoms with Gasteiger partial charge in [0, 0.05) is 12.1 Å². The van der Waals surface area contributed by atoms with Gasteiger partial charge in [-0.1, -0.05) is 42.0 Å². The zero-order valence-electron chi connectivity index (χ0n) is 15.4. The number of nitrogens with two attached hydrogens (primary N) is 1. The molecule has 0 saturated heterocycles. The van der Waals surface area contributed by atoms with Gasteiger partial charge in [0.15, 0.2) is 0 Å². The Bertz CT molecular complexity index is 844. The highest BCUT2D eigenvalue weighted by molar-refractivity contribution is 5.96. The molecule has 1 aliphatic carbocycles. The molecule has 1 amide bonds. The number of amides is 1. The lowest BCUT2D eigenvalue weighted by Gasteiger charge is -2.18. The van der Waals surface area contributed by atoms with Gasteiger partial charge < -0.3 is 20.5 Å². The van der Waals surface area contributed by atoms with E-state index >= 15 is 0 Å². The molecule has 1 atom stereocenters. The summed E-state index contributed by atoms with van der Waals surface area (Å²) in [6.45, 7) is 0.660. The second-order valence-electron chi connectivity index (χ2n) is 7.12. The summed E-state index contributed by atoms with van der Waals surface area (Å²) in [4.78, 5) is 23.7. The van der Waals surface area contributed by atoms with E-state index in [4.69, 9.17) is 0 Å². The molecule has 3 rings (SSSR count). The largest absolute Gasteiger partial charge is 0.544 e. The highest BCUT2D eigenvalue weighted by atomic mass is 16.4. The number of carbonyl (C=O) groups is 2. The van der Waals surface area contributed by atoms with Gasteiger partial charge in [-0.15, -0.1) is 0 Å². The van der Waals surface area contributed by atoms with Gasteiger partial charge in [-0.05, 0) is 48.6 Å². The minimum atomic E-state index is -1.19. The average Bonchev–Trinajstić information content (AvgIpc) is 2.68. The smallest absolute Gasteiger partial charge is 0.230 e. The number of fused-ring (bicyclic) bond motifs is 1. The van der Waals surface area contributed by atoms with E-state index in [1.807, 2.05) is 42.5 Å². The molecule has 0 heterocycles. The van der Waals surface area contributed by atoms with Gasteiger partial charge in [-0.3, -0.25) is 4.79 Å². The zero-order valence-corrected chi connectivity index (χ0v) is 15.4.